The molecule has 0 aliphatic heterocycles. The van der Waals surface area contributed by atoms with Gasteiger partial charge in [0.05, 0.1) is 15.0 Å². The lowest BCUT2D eigenvalue weighted by Crippen LogP contribution is -2.06. The molecule has 3 rings (SSSR count). The van der Waals surface area contributed by atoms with E-state index in [-0.39, 0.29) is 17.3 Å². The van der Waals surface area contributed by atoms with E-state index < -0.39 is 4.92 Å². The number of hydrogen-bond donors (Lipinski definition) is 2. The van der Waals surface area contributed by atoms with Crippen molar-refractivity contribution < 1.29 is 4.92 Å². The van der Waals surface area contributed by atoms with Gasteiger partial charge in [-0.25, -0.2) is 9.97 Å². The van der Waals surface area contributed by atoms with Gasteiger partial charge in [-0.05, 0) is 48.9 Å². The van der Waals surface area contributed by atoms with E-state index in [1.54, 1.807) is 36.4 Å². The number of benzene rings is 2. The van der Waals surface area contributed by atoms with Crippen LogP contribution in [-0.2, 0) is 0 Å². The number of rotatable bonds is 5. The number of hydrogen-bond acceptors (Lipinski definition) is 6. The van der Waals surface area contributed by atoms with Gasteiger partial charge in [-0.15, -0.1) is 0 Å². The predicted octanol–water partition coefficient (Wildman–Crippen LogP) is 6.14. The Labute approximate surface area is 169 Å². The molecule has 2 N–H and O–H groups in total. The molecule has 0 aliphatic carbocycles. The Morgan fingerprint density at radius 1 is 0.963 bits per heavy atom. The summed E-state index contributed by atoms with van der Waals surface area (Å²) in [7, 11) is 0. The highest BCUT2D eigenvalue weighted by Gasteiger charge is 2.24. The molecule has 2 aromatic carbocycles. The summed E-state index contributed by atoms with van der Waals surface area (Å²) in [5.41, 5.74) is 1.65. The molecule has 138 valence electrons. The van der Waals surface area contributed by atoms with Gasteiger partial charge in [0.25, 0.3) is 0 Å². The third-order valence-corrected chi connectivity index (χ3v) is 4.60. The number of anilines is 4. The second kappa shape index (κ2) is 7.96. The Kier molecular flexibility index (Phi) is 5.65. The molecule has 0 saturated heterocycles. The molecule has 0 spiro atoms. The molecule has 0 unspecified atom stereocenters. The number of halogens is 3. The molecule has 0 fully saturated rings. The van der Waals surface area contributed by atoms with E-state index in [2.05, 4.69) is 20.6 Å². The van der Waals surface area contributed by atoms with E-state index in [0.717, 1.165) is 5.56 Å². The summed E-state index contributed by atoms with van der Waals surface area (Å²) in [5, 5.41) is 18.7. The Morgan fingerprint density at radius 3 is 2.30 bits per heavy atom. The molecule has 0 saturated carbocycles. The van der Waals surface area contributed by atoms with Gasteiger partial charge in [0, 0.05) is 16.4 Å². The van der Waals surface area contributed by atoms with Crippen LogP contribution >= 0.6 is 34.8 Å². The van der Waals surface area contributed by atoms with Crippen LogP contribution < -0.4 is 10.6 Å². The first-order chi connectivity index (χ1) is 12.8. The number of nitro groups is 1. The molecular formula is C17H12Cl3N5O2. The van der Waals surface area contributed by atoms with Crippen molar-refractivity contribution >= 4 is 63.5 Å². The Morgan fingerprint density at radius 2 is 1.67 bits per heavy atom. The molecule has 0 bridgehead atoms. The highest BCUT2D eigenvalue weighted by Crippen LogP contribution is 2.35. The fraction of sp³-hybridized carbons (Fsp3) is 0.0588. The average Bonchev–Trinajstić information content (AvgIpc) is 2.60. The van der Waals surface area contributed by atoms with Crippen LogP contribution in [-0.4, -0.2) is 14.9 Å². The van der Waals surface area contributed by atoms with Crippen LogP contribution in [0.3, 0.4) is 0 Å². The summed E-state index contributed by atoms with van der Waals surface area (Å²) in [5.74, 6) is 0.0606. The summed E-state index contributed by atoms with van der Waals surface area (Å²) in [6.45, 7) is 1.83. The fourth-order valence-electron chi connectivity index (χ4n) is 2.34. The third-order valence-electron chi connectivity index (χ3n) is 3.63. The zero-order valence-electron chi connectivity index (χ0n) is 13.8. The van der Waals surface area contributed by atoms with Crippen LogP contribution in [0.5, 0.6) is 0 Å². The van der Waals surface area contributed by atoms with Crippen LogP contribution in [0, 0.1) is 17.0 Å². The molecule has 10 heteroatoms. The average molecular weight is 425 g/mol. The standard InChI is InChI=1S/C17H12Cl3N5O2/c1-9-6-10(18)2-5-14(9)24-17-15(25(26)27)16(21-8-22-17)23-11-3-4-12(19)13(20)7-11/h2-8H,1H3,(H2,21,22,23,24). The molecule has 0 radical (unpaired) electrons. The molecule has 27 heavy (non-hydrogen) atoms. The van der Waals surface area contributed by atoms with E-state index >= 15 is 0 Å². The summed E-state index contributed by atoms with van der Waals surface area (Å²) >= 11 is 17.8. The van der Waals surface area contributed by atoms with Crippen molar-refractivity contribution in [2.24, 2.45) is 0 Å². The van der Waals surface area contributed by atoms with Crippen molar-refractivity contribution in [3.63, 3.8) is 0 Å². The largest absolute Gasteiger partial charge is 0.353 e. The topological polar surface area (TPSA) is 93.0 Å². The minimum atomic E-state index is -0.562. The maximum atomic E-state index is 11.7. The van der Waals surface area contributed by atoms with Gasteiger partial charge >= 0.3 is 5.69 Å². The summed E-state index contributed by atoms with van der Waals surface area (Å²) in [6.07, 6.45) is 1.22. The molecule has 0 amide bonds. The van der Waals surface area contributed by atoms with Gasteiger partial charge in [-0.1, -0.05) is 34.8 Å². The first-order valence-electron chi connectivity index (χ1n) is 7.60. The molecule has 1 heterocycles. The van der Waals surface area contributed by atoms with Crippen LogP contribution in [0.25, 0.3) is 0 Å². The Hall–Kier alpha value is -2.61. The first kappa shape index (κ1) is 19.2. The lowest BCUT2D eigenvalue weighted by Gasteiger charge is -2.12. The van der Waals surface area contributed by atoms with Gasteiger partial charge in [0.1, 0.15) is 6.33 Å². The monoisotopic (exact) mass is 423 g/mol. The highest BCUT2D eigenvalue weighted by atomic mass is 35.5. The molecule has 7 nitrogen and oxygen atoms in total. The highest BCUT2D eigenvalue weighted by molar-refractivity contribution is 6.42. The maximum Gasteiger partial charge on any atom is 0.353 e. The molecule has 0 aliphatic rings. The van der Waals surface area contributed by atoms with E-state index in [9.17, 15) is 10.1 Å². The van der Waals surface area contributed by atoms with Gasteiger partial charge in [0.2, 0.25) is 11.6 Å². The van der Waals surface area contributed by atoms with Gasteiger partial charge < -0.3 is 10.6 Å². The second-order valence-corrected chi connectivity index (χ2v) is 6.77. The van der Waals surface area contributed by atoms with Crippen molar-refractivity contribution in [1.29, 1.82) is 0 Å². The minimum absolute atomic E-state index is 0.0162. The number of aryl methyl sites for hydroxylation is 1. The van der Waals surface area contributed by atoms with Crippen molar-refractivity contribution in [2.75, 3.05) is 10.6 Å². The van der Waals surface area contributed by atoms with Crippen molar-refractivity contribution in [3.8, 4) is 0 Å². The van der Waals surface area contributed by atoms with E-state index in [1.165, 1.54) is 6.33 Å². The number of nitrogens with zero attached hydrogens (tertiary/aromatic N) is 3. The minimum Gasteiger partial charge on any atom is -0.334 e. The zero-order chi connectivity index (χ0) is 19.6. The fourth-order valence-corrected chi connectivity index (χ4v) is 2.86. The molecule has 0 atom stereocenters. The Balaban J connectivity index is 1.99. The summed E-state index contributed by atoms with van der Waals surface area (Å²) in [6, 6.07) is 9.90. The molecule has 3 aromatic rings. The molecular weight excluding hydrogens is 413 g/mol. The second-order valence-electron chi connectivity index (χ2n) is 5.51. The van der Waals surface area contributed by atoms with Crippen molar-refractivity contribution in [2.45, 2.75) is 6.92 Å². The number of nitrogens with one attached hydrogen (secondary N) is 2. The predicted molar refractivity (Wildman–Crippen MR) is 108 cm³/mol. The van der Waals surface area contributed by atoms with E-state index in [1.807, 2.05) is 6.92 Å². The molecule has 1 aromatic heterocycles. The zero-order valence-corrected chi connectivity index (χ0v) is 16.1. The smallest absolute Gasteiger partial charge is 0.334 e. The quantitative estimate of drug-likeness (QED) is 0.377. The maximum absolute atomic E-state index is 11.7. The van der Waals surface area contributed by atoms with E-state index in [4.69, 9.17) is 34.8 Å². The van der Waals surface area contributed by atoms with Gasteiger partial charge in [0.15, 0.2) is 0 Å². The van der Waals surface area contributed by atoms with Gasteiger partial charge in [-0.3, -0.25) is 10.1 Å². The Bertz CT molecular complexity index is 1030. The first-order valence-corrected chi connectivity index (χ1v) is 8.73. The van der Waals surface area contributed by atoms with Crippen LogP contribution in [0.4, 0.5) is 28.7 Å². The van der Waals surface area contributed by atoms with Crippen LogP contribution in [0.2, 0.25) is 15.1 Å². The van der Waals surface area contributed by atoms with E-state index in [0.29, 0.717) is 26.4 Å². The lowest BCUT2D eigenvalue weighted by atomic mass is 10.2. The van der Waals surface area contributed by atoms with Crippen molar-refractivity contribution in [1.82, 2.24) is 9.97 Å². The van der Waals surface area contributed by atoms with Crippen LogP contribution in [0.1, 0.15) is 5.56 Å². The van der Waals surface area contributed by atoms with Crippen molar-refractivity contribution in [3.05, 3.63) is 73.5 Å². The third kappa shape index (κ3) is 4.39. The lowest BCUT2D eigenvalue weighted by molar-refractivity contribution is -0.383. The SMILES string of the molecule is Cc1cc(Cl)ccc1Nc1ncnc(Nc2ccc(Cl)c(Cl)c2)c1[N+](=O)[O-]. The normalized spacial score (nSPS) is 10.5. The van der Waals surface area contributed by atoms with Gasteiger partial charge in [-0.2, -0.15) is 0 Å². The summed E-state index contributed by atoms with van der Waals surface area (Å²) in [4.78, 5) is 19.1. The summed E-state index contributed by atoms with van der Waals surface area (Å²) < 4.78 is 0. The number of aromatic nitrogens is 2. The van der Waals surface area contributed by atoms with Crippen LogP contribution in [0.15, 0.2) is 42.7 Å².